The Balaban J connectivity index is 0.00000361. The minimum Gasteiger partial charge on any atom is -0.370 e. The highest BCUT2D eigenvalue weighted by Gasteiger charge is 2.04. The lowest BCUT2D eigenvalue weighted by atomic mass is 10.0. The molecule has 1 heterocycles. The highest BCUT2D eigenvalue weighted by Crippen LogP contribution is 2.12. The Bertz CT molecular complexity index is 404. The predicted octanol–water partition coefficient (Wildman–Crippen LogP) is 3.69. The fraction of sp³-hybridized carbons (Fsp3) is 0.714. The molecule has 6 heteroatoms. The van der Waals surface area contributed by atoms with Crippen molar-refractivity contribution in [1.82, 2.24) is 10.3 Å². The minimum absolute atomic E-state index is 0. The van der Waals surface area contributed by atoms with E-state index in [1.165, 1.54) is 17.7 Å². The highest BCUT2D eigenvalue weighted by molar-refractivity contribution is 14.0. The van der Waals surface area contributed by atoms with Crippen LogP contribution in [0.4, 0.5) is 0 Å². The third-order valence-corrected chi connectivity index (χ3v) is 3.76. The van der Waals surface area contributed by atoms with Gasteiger partial charge in [0.15, 0.2) is 5.96 Å². The summed E-state index contributed by atoms with van der Waals surface area (Å²) >= 11 is 1.66. The molecule has 116 valence electrons. The quantitative estimate of drug-likeness (QED) is 0.410. The van der Waals surface area contributed by atoms with Crippen molar-refractivity contribution in [3.63, 3.8) is 0 Å². The summed E-state index contributed by atoms with van der Waals surface area (Å²) in [7, 11) is 0. The summed E-state index contributed by atoms with van der Waals surface area (Å²) in [5.74, 6) is 1.29. The topological polar surface area (TPSA) is 63.3 Å². The Morgan fingerprint density at radius 1 is 1.40 bits per heavy atom. The van der Waals surface area contributed by atoms with Crippen LogP contribution in [0, 0.1) is 12.8 Å². The molecular formula is C14H27IN4S. The van der Waals surface area contributed by atoms with Gasteiger partial charge in [0.05, 0.1) is 6.54 Å². The van der Waals surface area contributed by atoms with Crippen LogP contribution in [0.1, 0.15) is 49.9 Å². The number of thiazole rings is 1. The van der Waals surface area contributed by atoms with Gasteiger partial charge >= 0.3 is 0 Å². The molecular weight excluding hydrogens is 383 g/mol. The first-order valence-electron chi connectivity index (χ1n) is 6.95. The number of hydrogen-bond donors (Lipinski definition) is 2. The second kappa shape index (κ2) is 10.4. The number of halogens is 1. The van der Waals surface area contributed by atoms with Crippen LogP contribution in [-0.4, -0.2) is 17.0 Å². The van der Waals surface area contributed by atoms with E-state index in [9.17, 15) is 0 Å². The van der Waals surface area contributed by atoms with Gasteiger partial charge in [-0.25, -0.2) is 9.98 Å². The number of rotatable bonds is 7. The summed E-state index contributed by atoms with van der Waals surface area (Å²) < 4.78 is 0. The van der Waals surface area contributed by atoms with Gasteiger partial charge in [0.2, 0.25) is 0 Å². The molecule has 1 atom stereocenters. The number of nitrogens with zero attached hydrogens (tertiary/aromatic N) is 2. The van der Waals surface area contributed by atoms with Crippen LogP contribution >= 0.6 is 35.3 Å². The fourth-order valence-electron chi connectivity index (χ4n) is 1.83. The summed E-state index contributed by atoms with van der Waals surface area (Å²) in [6, 6.07) is 0.375. The SMILES string of the molecule is Cc1cnc(CN=C(N)NC(C)CCCC(C)C)s1.I. The van der Waals surface area contributed by atoms with Gasteiger partial charge in [-0.3, -0.25) is 0 Å². The van der Waals surface area contributed by atoms with Crippen molar-refractivity contribution < 1.29 is 0 Å². The molecule has 1 aromatic rings. The van der Waals surface area contributed by atoms with Crippen LogP contribution in [0.5, 0.6) is 0 Å². The summed E-state index contributed by atoms with van der Waals surface area (Å²) in [6.07, 6.45) is 5.49. The molecule has 1 unspecified atom stereocenters. The third-order valence-electron chi connectivity index (χ3n) is 2.87. The van der Waals surface area contributed by atoms with Gasteiger partial charge in [0.1, 0.15) is 5.01 Å². The van der Waals surface area contributed by atoms with Crippen LogP contribution < -0.4 is 11.1 Å². The molecule has 0 aliphatic carbocycles. The van der Waals surface area contributed by atoms with E-state index in [4.69, 9.17) is 5.73 Å². The summed E-state index contributed by atoms with van der Waals surface area (Å²) in [4.78, 5) is 9.79. The van der Waals surface area contributed by atoms with Crippen molar-refractivity contribution in [2.75, 3.05) is 0 Å². The number of guanidine groups is 1. The monoisotopic (exact) mass is 410 g/mol. The average Bonchev–Trinajstić information content (AvgIpc) is 2.72. The zero-order valence-electron chi connectivity index (χ0n) is 12.8. The van der Waals surface area contributed by atoms with Crippen molar-refractivity contribution in [1.29, 1.82) is 0 Å². The van der Waals surface area contributed by atoms with Crippen molar-refractivity contribution in [2.24, 2.45) is 16.6 Å². The molecule has 0 radical (unpaired) electrons. The Hall–Kier alpha value is -0.370. The maximum absolute atomic E-state index is 5.88. The summed E-state index contributed by atoms with van der Waals surface area (Å²) in [5, 5.41) is 4.24. The standard InChI is InChI=1S/C14H26N4S.HI/c1-10(2)6-5-7-11(3)18-14(15)17-9-13-16-8-12(4)19-13;/h8,10-11H,5-7,9H2,1-4H3,(H3,15,17,18);1H. The molecule has 20 heavy (non-hydrogen) atoms. The molecule has 1 aromatic heterocycles. The van der Waals surface area contributed by atoms with Crippen molar-refractivity contribution in [3.05, 3.63) is 16.1 Å². The number of aliphatic imine (C=N–C) groups is 1. The molecule has 0 aliphatic heterocycles. The molecule has 0 spiro atoms. The first-order valence-corrected chi connectivity index (χ1v) is 7.76. The largest absolute Gasteiger partial charge is 0.370 e. The highest BCUT2D eigenvalue weighted by atomic mass is 127. The maximum Gasteiger partial charge on any atom is 0.189 e. The van der Waals surface area contributed by atoms with E-state index in [1.54, 1.807) is 11.3 Å². The minimum atomic E-state index is 0. The Labute approximate surface area is 143 Å². The number of nitrogens with two attached hydrogens (primary N) is 1. The molecule has 0 saturated heterocycles. The normalized spacial score (nSPS) is 13.2. The van der Waals surface area contributed by atoms with E-state index in [-0.39, 0.29) is 24.0 Å². The van der Waals surface area contributed by atoms with Crippen LogP contribution in [-0.2, 0) is 6.54 Å². The van der Waals surface area contributed by atoms with Crippen molar-refractivity contribution >= 4 is 41.3 Å². The van der Waals surface area contributed by atoms with Crippen LogP contribution in [0.3, 0.4) is 0 Å². The fourth-order valence-corrected chi connectivity index (χ4v) is 2.54. The lowest BCUT2D eigenvalue weighted by molar-refractivity contribution is 0.493. The van der Waals surface area contributed by atoms with Gasteiger partial charge in [-0.2, -0.15) is 0 Å². The molecule has 0 amide bonds. The van der Waals surface area contributed by atoms with Gasteiger partial charge in [-0.1, -0.05) is 26.7 Å². The van der Waals surface area contributed by atoms with Crippen LogP contribution in [0.25, 0.3) is 0 Å². The summed E-state index contributed by atoms with van der Waals surface area (Å²) in [6.45, 7) is 9.27. The smallest absolute Gasteiger partial charge is 0.189 e. The zero-order chi connectivity index (χ0) is 14.3. The van der Waals surface area contributed by atoms with Gasteiger partial charge < -0.3 is 11.1 Å². The molecule has 1 rings (SSSR count). The first-order chi connectivity index (χ1) is 8.97. The summed E-state index contributed by atoms with van der Waals surface area (Å²) in [5.41, 5.74) is 5.88. The second-order valence-corrected chi connectivity index (χ2v) is 6.76. The van der Waals surface area contributed by atoms with Gasteiger partial charge in [-0.05, 0) is 26.2 Å². The van der Waals surface area contributed by atoms with Crippen LogP contribution in [0.2, 0.25) is 0 Å². The van der Waals surface area contributed by atoms with Crippen molar-refractivity contribution in [2.45, 2.75) is 59.5 Å². The lowest BCUT2D eigenvalue weighted by Gasteiger charge is -2.14. The number of hydrogen-bond acceptors (Lipinski definition) is 3. The van der Waals surface area contributed by atoms with E-state index in [2.05, 4.69) is 36.1 Å². The Morgan fingerprint density at radius 2 is 2.10 bits per heavy atom. The molecule has 0 fully saturated rings. The van der Waals surface area contributed by atoms with E-state index in [1.807, 2.05) is 13.1 Å². The Morgan fingerprint density at radius 3 is 2.65 bits per heavy atom. The lowest BCUT2D eigenvalue weighted by Crippen LogP contribution is -2.38. The molecule has 4 nitrogen and oxygen atoms in total. The van der Waals surface area contributed by atoms with Gasteiger partial charge in [0, 0.05) is 17.1 Å². The Kier molecular flexibility index (Phi) is 10.2. The number of aromatic nitrogens is 1. The van der Waals surface area contributed by atoms with Crippen molar-refractivity contribution in [3.8, 4) is 0 Å². The number of nitrogens with one attached hydrogen (secondary N) is 1. The molecule has 3 N–H and O–H groups in total. The van der Waals surface area contributed by atoms with E-state index in [0.29, 0.717) is 18.5 Å². The molecule has 0 saturated carbocycles. The third kappa shape index (κ3) is 8.73. The van der Waals surface area contributed by atoms with E-state index in [0.717, 1.165) is 17.3 Å². The number of aryl methyl sites for hydroxylation is 1. The van der Waals surface area contributed by atoms with Crippen LogP contribution in [0.15, 0.2) is 11.2 Å². The second-order valence-electron chi connectivity index (χ2n) is 5.44. The van der Waals surface area contributed by atoms with E-state index >= 15 is 0 Å². The maximum atomic E-state index is 5.88. The molecule has 0 aliphatic rings. The molecule has 0 bridgehead atoms. The molecule has 0 aromatic carbocycles. The first kappa shape index (κ1) is 19.6. The average molecular weight is 410 g/mol. The zero-order valence-corrected chi connectivity index (χ0v) is 16.0. The van der Waals surface area contributed by atoms with Gasteiger partial charge in [0.25, 0.3) is 0 Å². The van der Waals surface area contributed by atoms with E-state index < -0.39 is 0 Å². The predicted molar refractivity (Wildman–Crippen MR) is 98.9 cm³/mol. The van der Waals surface area contributed by atoms with Gasteiger partial charge in [-0.15, -0.1) is 35.3 Å².